The molecule has 7 heteroatoms. The summed E-state index contributed by atoms with van der Waals surface area (Å²) in [4.78, 5) is 13.9. The van der Waals surface area contributed by atoms with E-state index < -0.39 is 0 Å². The van der Waals surface area contributed by atoms with Gasteiger partial charge in [-0.3, -0.25) is 4.79 Å². The van der Waals surface area contributed by atoms with Gasteiger partial charge in [-0.15, -0.1) is 11.3 Å². The van der Waals surface area contributed by atoms with E-state index in [4.69, 9.17) is 17.0 Å². The molecule has 1 aromatic heterocycles. The average molecular weight is 374 g/mol. The van der Waals surface area contributed by atoms with Crippen LogP contribution in [0.25, 0.3) is 0 Å². The first kappa shape index (κ1) is 17.4. The molecular weight excluding hydrogens is 354 g/mol. The lowest BCUT2D eigenvalue weighted by molar-refractivity contribution is -0.113. The van der Waals surface area contributed by atoms with Gasteiger partial charge in [-0.05, 0) is 61.8 Å². The molecule has 0 bridgehead atoms. The summed E-state index contributed by atoms with van der Waals surface area (Å²) in [7, 11) is 0. The van der Waals surface area contributed by atoms with Gasteiger partial charge in [0.25, 0.3) is 5.91 Å². The first-order valence-electron chi connectivity index (χ1n) is 7.94. The largest absolute Gasteiger partial charge is 0.494 e. The molecule has 1 atom stereocenters. The zero-order chi connectivity index (χ0) is 17.8. The fourth-order valence-electron chi connectivity index (χ4n) is 2.66. The van der Waals surface area contributed by atoms with Crippen molar-refractivity contribution in [1.82, 2.24) is 10.6 Å². The molecule has 0 fully saturated rings. The summed E-state index contributed by atoms with van der Waals surface area (Å²) in [6.07, 6.45) is 0. The van der Waals surface area contributed by atoms with Gasteiger partial charge in [0.05, 0.1) is 18.2 Å². The molecule has 0 radical (unpaired) electrons. The van der Waals surface area contributed by atoms with E-state index in [1.165, 1.54) is 0 Å². The minimum atomic E-state index is -0.253. The van der Waals surface area contributed by atoms with Crippen LogP contribution in [0.1, 0.15) is 24.8 Å². The highest BCUT2D eigenvalue weighted by Crippen LogP contribution is 2.30. The van der Waals surface area contributed by atoms with Crippen LogP contribution in [-0.4, -0.2) is 17.6 Å². The summed E-state index contributed by atoms with van der Waals surface area (Å²) in [6, 6.07) is 11.0. The fraction of sp³-hybridized carbons (Fsp3) is 0.222. The second-order valence-electron chi connectivity index (χ2n) is 5.50. The molecule has 2 aromatic rings. The Morgan fingerprint density at radius 2 is 2.08 bits per heavy atom. The molecule has 1 aliphatic heterocycles. The number of rotatable bonds is 5. The highest BCUT2D eigenvalue weighted by atomic mass is 32.1. The molecule has 1 aliphatic rings. The van der Waals surface area contributed by atoms with E-state index in [2.05, 4.69) is 16.0 Å². The van der Waals surface area contributed by atoms with Crippen molar-refractivity contribution >= 4 is 40.3 Å². The van der Waals surface area contributed by atoms with Crippen LogP contribution in [0.4, 0.5) is 5.69 Å². The number of amides is 1. The van der Waals surface area contributed by atoms with Gasteiger partial charge in [-0.25, -0.2) is 0 Å². The molecule has 130 valence electrons. The predicted molar refractivity (Wildman–Crippen MR) is 105 cm³/mol. The molecule has 1 amide bonds. The van der Waals surface area contributed by atoms with Gasteiger partial charge < -0.3 is 20.7 Å². The lowest BCUT2D eigenvalue weighted by Crippen LogP contribution is -2.45. The molecule has 5 nitrogen and oxygen atoms in total. The highest BCUT2D eigenvalue weighted by Gasteiger charge is 2.30. The maximum Gasteiger partial charge on any atom is 0.255 e. The zero-order valence-corrected chi connectivity index (χ0v) is 15.6. The molecule has 0 unspecified atom stereocenters. The summed E-state index contributed by atoms with van der Waals surface area (Å²) in [5, 5.41) is 11.7. The average Bonchev–Trinajstić information content (AvgIpc) is 3.10. The Hall–Kier alpha value is -2.38. The highest BCUT2D eigenvalue weighted by molar-refractivity contribution is 7.80. The number of thiophene rings is 1. The minimum absolute atomic E-state index is 0.164. The third-order valence-corrected chi connectivity index (χ3v) is 4.92. The standard InChI is InChI=1S/C18H19N3O2S2/c1-3-23-13-8-6-12(7-9-13)20-17(22)15-11(2)19-18(24)21-16(15)14-5-4-10-25-14/h4-10,16H,3H2,1-2H3,(H,20,22)(H2,19,21,24)/t16-/m0/s1. The Labute approximate surface area is 156 Å². The summed E-state index contributed by atoms with van der Waals surface area (Å²) in [5.74, 6) is 0.612. The first-order chi connectivity index (χ1) is 12.1. The van der Waals surface area contributed by atoms with Gasteiger partial charge in [-0.1, -0.05) is 6.07 Å². The smallest absolute Gasteiger partial charge is 0.255 e. The number of hydrogen-bond donors (Lipinski definition) is 3. The number of carbonyl (C=O) groups is 1. The minimum Gasteiger partial charge on any atom is -0.494 e. The SMILES string of the molecule is CCOc1ccc(NC(=O)C2=C(C)NC(=S)N[C@H]2c2cccs2)cc1. The molecule has 0 spiro atoms. The summed E-state index contributed by atoms with van der Waals surface area (Å²) in [5.41, 5.74) is 2.10. The second-order valence-corrected chi connectivity index (χ2v) is 6.88. The topological polar surface area (TPSA) is 62.4 Å². The van der Waals surface area contributed by atoms with E-state index in [-0.39, 0.29) is 11.9 Å². The Kier molecular flexibility index (Phi) is 5.35. The van der Waals surface area contributed by atoms with Gasteiger partial charge in [0, 0.05) is 16.3 Å². The monoisotopic (exact) mass is 373 g/mol. The first-order valence-corrected chi connectivity index (χ1v) is 9.23. The van der Waals surface area contributed by atoms with E-state index in [9.17, 15) is 4.79 Å². The van der Waals surface area contributed by atoms with E-state index in [0.29, 0.717) is 23.0 Å². The van der Waals surface area contributed by atoms with Crippen LogP contribution in [0.2, 0.25) is 0 Å². The molecule has 2 heterocycles. The number of thiocarbonyl (C=S) groups is 1. The molecule has 0 saturated carbocycles. The van der Waals surface area contributed by atoms with Crippen molar-refractivity contribution in [3.8, 4) is 5.75 Å². The second kappa shape index (κ2) is 7.67. The number of hydrogen-bond acceptors (Lipinski definition) is 4. The maximum atomic E-state index is 12.9. The fourth-order valence-corrected chi connectivity index (χ4v) is 3.72. The summed E-state index contributed by atoms with van der Waals surface area (Å²) >= 11 is 6.83. The van der Waals surface area contributed by atoms with Crippen molar-refractivity contribution in [1.29, 1.82) is 0 Å². The van der Waals surface area contributed by atoms with Crippen LogP contribution in [0, 0.1) is 0 Å². The van der Waals surface area contributed by atoms with Gasteiger partial charge in [0.15, 0.2) is 5.11 Å². The third-order valence-electron chi connectivity index (χ3n) is 3.76. The molecule has 0 saturated heterocycles. The number of anilines is 1. The van der Waals surface area contributed by atoms with Crippen LogP contribution in [0.15, 0.2) is 53.0 Å². The van der Waals surface area contributed by atoms with Crippen LogP contribution < -0.4 is 20.7 Å². The quantitative estimate of drug-likeness (QED) is 0.700. The molecular formula is C18H19N3O2S2. The molecule has 3 N–H and O–H groups in total. The number of benzene rings is 1. The van der Waals surface area contributed by atoms with Crippen molar-refractivity contribution in [2.24, 2.45) is 0 Å². The summed E-state index contributed by atoms with van der Waals surface area (Å²) < 4.78 is 5.42. The van der Waals surface area contributed by atoms with Crippen molar-refractivity contribution in [3.63, 3.8) is 0 Å². The Morgan fingerprint density at radius 1 is 1.32 bits per heavy atom. The number of carbonyl (C=O) groups excluding carboxylic acids is 1. The Bertz CT molecular complexity index is 798. The number of nitrogens with one attached hydrogen (secondary N) is 3. The molecule has 1 aromatic carbocycles. The zero-order valence-electron chi connectivity index (χ0n) is 14.0. The van der Waals surface area contributed by atoms with Gasteiger partial charge in [0.1, 0.15) is 5.75 Å². The van der Waals surface area contributed by atoms with Crippen LogP contribution in [0.5, 0.6) is 5.75 Å². The van der Waals surface area contributed by atoms with Gasteiger partial charge in [0.2, 0.25) is 0 Å². The van der Waals surface area contributed by atoms with Gasteiger partial charge in [-0.2, -0.15) is 0 Å². The third kappa shape index (κ3) is 4.00. The lowest BCUT2D eigenvalue weighted by atomic mass is 10.0. The number of ether oxygens (including phenoxy) is 1. The lowest BCUT2D eigenvalue weighted by Gasteiger charge is -2.29. The molecule has 3 rings (SSSR count). The van der Waals surface area contributed by atoms with E-state index in [1.54, 1.807) is 11.3 Å². The van der Waals surface area contributed by atoms with E-state index in [1.807, 2.05) is 55.6 Å². The van der Waals surface area contributed by atoms with Crippen molar-refractivity contribution < 1.29 is 9.53 Å². The van der Waals surface area contributed by atoms with Crippen molar-refractivity contribution in [2.75, 3.05) is 11.9 Å². The normalized spacial score (nSPS) is 16.9. The predicted octanol–water partition coefficient (Wildman–Crippen LogP) is 3.58. The van der Waals surface area contributed by atoms with Crippen LogP contribution in [0.3, 0.4) is 0 Å². The number of allylic oxidation sites excluding steroid dienone is 1. The van der Waals surface area contributed by atoms with Crippen LogP contribution >= 0.6 is 23.6 Å². The molecule has 0 aliphatic carbocycles. The summed E-state index contributed by atoms with van der Waals surface area (Å²) in [6.45, 7) is 4.40. The maximum absolute atomic E-state index is 12.9. The van der Waals surface area contributed by atoms with Crippen molar-refractivity contribution in [2.45, 2.75) is 19.9 Å². The van der Waals surface area contributed by atoms with Crippen LogP contribution in [-0.2, 0) is 4.79 Å². The van der Waals surface area contributed by atoms with Crippen molar-refractivity contribution in [3.05, 3.63) is 57.9 Å². The van der Waals surface area contributed by atoms with E-state index in [0.717, 1.165) is 16.3 Å². The van der Waals surface area contributed by atoms with E-state index >= 15 is 0 Å². The molecule has 25 heavy (non-hydrogen) atoms. The Balaban J connectivity index is 1.83. The van der Waals surface area contributed by atoms with Gasteiger partial charge >= 0.3 is 0 Å². The Morgan fingerprint density at radius 3 is 2.72 bits per heavy atom.